The fraction of sp³-hybridized carbons (Fsp3) is 0.320. The first-order chi connectivity index (χ1) is 16.5. The number of piperidine rings is 2. The number of carbonyl (C=O) groups is 1. The van der Waals surface area contributed by atoms with Crippen molar-refractivity contribution in [3.05, 3.63) is 71.1 Å². The van der Waals surface area contributed by atoms with E-state index in [1.807, 2.05) is 54.4 Å². The van der Waals surface area contributed by atoms with E-state index in [1.54, 1.807) is 12.4 Å². The minimum absolute atomic E-state index is 0.0518. The Kier molecular flexibility index (Phi) is 5.17. The second-order valence-corrected chi connectivity index (χ2v) is 9.67. The molecule has 172 valence electrons. The molecule has 2 unspecified atom stereocenters. The summed E-state index contributed by atoms with van der Waals surface area (Å²) in [4.78, 5) is 29.0. The molecule has 0 N–H and O–H groups in total. The van der Waals surface area contributed by atoms with E-state index in [-0.39, 0.29) is 5.91 Å². The number of amides is 1. The number of hydrogen-bond acceptors (Lipinski definition) is 6. The Morgan fingerprint density at radius 2 is 1.76 bits per heavy atom. The number of hydrogen-bond donors (Lipinski definition) is 0. The van der Waals surface area contributed by atoms with E-state index in [0.29, 0.717) is 22.4 Å². The Morgan fingerprint density at radius 3 is 2.53 bits per heavy atom. The Morgan fingerprint density at radius 1 is 1.00 bits per heavy atom. The van der Waals surface area contributed by atoms with Crippen LogP contribution in [0, 0.1) is 18.8 Å². The normalized spacial score (nSPS) is 20.1. The zero-order valence-corrected chi connectivity index (χ0v) is 19.6. The van der Waals surface area contributed by atoms with Gasteiger partial charge in [0.05, 0.1) is 40.9 Å². The SMILES string of the molecule is Cc1cccc(-n2nccn2)c1C(=O)N1CC2CC(C1)CN(c1cnc3cc(Cl)ccc3n1)C2. The summed E-state index contributed by atoms with van der Waals surface area (Å²) >= 11 is 6.09. The van der Waals surface area contributed by atoms with Gasteiger partial charge in [0.1, 0.15) is 5.82 Å². The van der Waals surface area contributed by atoms with Crippen molar-refractivity contribution in [2.75, 3.05) is 31.1 Å². The summed E-state index contributed by atoms with van der Waals surface area (Å²) in [6.07, 6.45) is 6.21. The molecular weight excluding hydrogens is 450 g/mol. The van der Waals surface area contributed by atoms with E-state index in [4.69, 9.17) is 16.6 Å². The zero-order chi connectivity index (χ0) is 23.2. The van der Waals surface area contributed by atoms with Gasteiger partial charge in [0.2, 0.25) is 0 Å². The topological polar surface area (TPSA) is 80.0 Å². The van der Waals surface area contributed by atoms with Crippen LogP contribution in [-0.4, -0.2) is 61.9 Å². The number of aromatic nitrogens is 5. The Bertz CT molecular complexity index is 1360. The number of fused-ring (bicyclic) bond motifs is 3. The summed E-state index contributed by atoms with van der Waals surface area (Å²) in [7, 11) is 0. The van der Waals surface area contributed by atoms with E-state index in [1.165, 1.54) is 4.80 Å². The van der Waals surface area contributed by atoms with E-state index in [9.17, 15) is 4.79 Å². The third kappa shape index (κ3) is 3.77. The molecule has 0 aliphatic carbocycles. The molecule has 2 saturated heterocycles. The number of carbonyl (C=O) groups excluding carboxylic acids is 1. The quantitative estimate of drug-likeness (QED) is 0.450. The van der Waals surface area contributed by atoms with Crippen molar-refractivity contribution in [2.24, 2.45) is 11.8 Å². The molecule has 2 fully saturated rings. The molecule has 0 saturated carbocycles. The monoisotopic (exact) mass is 473 g/mol. The maximum Gasteiger partial charge on any atom is 0.256 e. The molecule has 1 amide bonds. The van der Waals surface area contributed by atoms with Crippen molar-refractivity contribution in [3.8, 4) is 5.69 Å². The predicted molar refractivity (Wildman–Crippen MR) is 130 cm³/mol. The second kappa shape index (κ2) is 8.36. The largest absolute Gasteiger partial charge is 0.355 e. The van der Waals surface area contributed by atoms with Crippen molar-refractivity contribution < 1.29 is 4.79 Å². The van der Waals surface area contributed by atoms with Crippen LogP contribution in [0.4, 0.5) is 5.82 Å². The van der Waals surface area contributed by atoms with Crippen molar-refractivity contribution in [1.29, 1.82) is 0 Å². The molecule has 6 rings (SSSR count). The van der Waals surface area contributed by atoms with Gasteiger partial charge in [-0.15, -0.1) is 0 Å². The summed E-state index contributed by atoms with van der Waals surface area (Å²) in [5.41, 5.74) is 3.97. The lowest BCUT2D eigenvalue weighted by Gasteiger charge is -2.46. The van der Waals surface area contributed by atoms with Gasteiger partial charge in [-0.05, 0) is 55.0 Å². The number of likely N-dealkylation sites (tertiary alicyclic amines) is 1. The average Bonchev–Trinajstić information content (AvgIpc) is 3.37. The van der Waals surface area contributed by atoms with Crippen molar-refractivity contribution in [1.82, 2.24) is 29.9 Å². The highest BCUT2D eigenvalue weighted by Gasteiger charge is 2.37. The lowest BCUT2D eigenvalue weighted by molar-refractivity contribution is 0.0563. The molecule has 2 aliphatic heterocycles. The molecular formula is C25H24ClN7O. The molecule has 34 heavy (non-hydrogen) atoms. The van der Waals surface area contributed by atoms with Crippen molar-refractivity contribution >= 4 is 34.4 Å². The molecule has 2 atom stereocenters. The zero-order valence-electron chi connectivity index (χ0n) is 18.8. The van der Waals surface area contributed by atoms with E-state index < -0.39 is 0 Å². The number of anilines is 1. The standard InChI is InChI=1S/C25H24ClN7O/c1-16-3-2-4-22(33-28-7-8-29-33)24(16)25(34)32-14-17-9-18(15-32)13-31(12-17)23-11-27-21-10-19(26)5-6-20(21)30-23/h2-8,10-11,17-18H,9,12-15H2,1H3. The maximum absolute atomic E-state index is 13.7. The van der Waals surface area contributed by atoms with Crippen LogP contribution in [0.1, 0.15) is 22.3 Å². The second-order valence-electron chi connectivity index (χ2n) is 9.23. The first kappa shape index (κ1) is 21.0. The third-order valence-electron chi connectivity index (χ3n) is 6.78. The Labute approximate surface area is 202 Å². The lowest BCUT2D eigenvalue weighted by atomic mass is 9.84. The van der Waals surface area contributed by atoms with Gasteiger partial charge < -0.3 is 9.80 Å². The van der Waals surface area contributed by atoms with E-state index in [0.717, 1.165) is 60.7 Å². The predicted octanol–water partition coefficient (Wildman–Crippen LogP) is 3.77. The van der Waals surface area contributed by atoms with Crippen LogP contribution in [-0.2, 0) is 0 Å². The maximum atomic E-state index is 13.7. The third-order valence-corrected chi connectivity index (χ3v) is 7.02. The van der Waals surface area contributed by atoms with Gasteiger partial charge in [-0.2, -0.15) is 15.0 Å². The number of benzene rings is 2. The average molecular weight is 474 g/mol. The van der Waals surface area contributed by atoms with Gasteiger partial charge in [-0.3, -0.25) is 9.78 Å². The number of aryl methyl sites for hydroxylation is 1. The van der Waals surface area contributed by atoms with Gasteiger partial charge in [0.25, 0.3) is 5.91 Å². The van der Waals surface area contributed by atoms with Gasteiger partial charge in [0, 0.05) is 31.2 Å². The molecule has 0 spiro atoms. The van der Waals surface area contributed by atoms with Crippen LogP contribution in [0.2, 0.25) is 5.02 Å². The molecule has 2 bridgehead atoms. The highest BCUT2D eigenvalue weighted by molar-refractivity contribution is 6.31. The minimum atomic E-state index is 0.0518. The number of rotatable bonds is 3. The summed E-state index contributed by atoms with van der Waals surface area (Å²) in [5.74, 6) is 1.70. The molecule has 8 nitrogen and oxygen atoms in total. The fourth-order valence-electron chi connectivity index (χ4n) is 5.36. The first-order valence-corrected chi connectivity index (χ1v) is 11.9. The fourth-order valence-corrected chi connectivity index (χ4v) is 5.52. The molecule has 4 aromatic rings. The van der Waals surface area contributed by atoms with Crippen LogP contribution in [0.3, 0.4) is 0 Å². The van der Waals surface area contributed by atoms with Crippen molar-refractivity contribution in [3.63, 3.8) is 0 Å². The highest BCUT2D eigenvalue weighted by atomic mass is 35.5. The summed E-state index contributed by atoms with van der Waals surface area (Å²) in [5, 5.41) is 9.16. The molecule has 9 heteroatoms. The van der Waals surface area contributed by atoms with Crippen LogP contribution >= 0.6 is 11.6 Å². The van der Waals surface area contributed by atoms with Gasteiger partial charge in [0.15, 0.2) is 0 Å². The van der Waals surface area contributed by atoms with E-state index >= 15 is 0 Å². The smallest absolute Gasteiger partial charge is 0.256 e. The summed E-state index contributed by atoms with van der Waals surface area (Å²) in [6.45, 7) is 5.13. The van der Waals surface area contributed by atoms with Gasteiger partial charge >= 0.3 is 0 Å². The molecule has 0 radical (unpaired) electrons. The minimum Gasteiger partial charge on any atom is -0.355 e. The van der Waals surface area contributed by atoms with Crippen LogP contribution in [0.25, 0.3) is 16.7 Å². The van der Waals surface area contributed by atoms with Crippen LogP contribution in [0.5, 0.6) is 0 Å². The molecule has 2 aliphatic rings. The van der Waals surface area contributed by atoms with Crippen LogP contribution in [0.15, 0.2) is 55.0 Å². The van der Waals surface area contributed by atoms with Gasteiger partial charge in [-0.25, -0.2) is 4.98 Å². The van der Waals surface area contributed by atoms with E-state index in [2.05, 4.69) is 20.1 Å². The highest BCUT2D eigenvalue weighted by Crippen LogP contribution is 2.33. The first-order valence-electron chi connectivity index (χ1n) is 11.5. The summed E-state index contributed by atoms with van der Waals surface area (Å²) in [6, 6.07) is 11.4. The number of nitrogens with zero attached hydrogens (tertiary/aromatic N) is 7. The Hall–Kier alpha value is -3.52. The Balaban J connectivity index is 1.23. The lowest BCUT2D eigenvalue weighted by Crippen LogP contribution is -2.54. The van der Waals surface area contributed by atoms with Crippen LogP contribution < -0.4 is 4.90 Å². The molecule has 2 aromatic heterocycles. The summed E-state index contributed by atoms with van der Waals surface area (Å²) < 4.78 is 0. The van der Waals surface area contributed by atoms with Gasteiger partial charge in [-0.1, -0.05) is 23.7 Å². The molecule has 4 heterocycles. The number of halogens is 1. The molecule has 2 aromatic carbocycles. The van der Waals surface area contributed by atoms with Crippen molar-refractivity contribution in [2.45, 2.75) is 13.3 Å².